The number of thiophene rings is 1. The third-order valence-corrected chi connectivity index (χ3v) is 4.53. The summed E-state index contributed by atoms with van der Waals surface area (Å²) in [5.41, 5.74) is 2.21. The summed E-state index contributed by atoms with van der Waals surface area (Å²) in [4.78, 5) is 26.2. The third-order valence-electron chi connectivity index (χ3n) is 3.55. The highest BCUT2D eigenvalue weighted by atomic mass is 32.1. The van der Waals surface area contributed by atoms with E-state index in [1.807, 2.05) is 6.92 Å². The topological polar surface area (TPSA) is 67.4 Å². The molecule has 5 nitrogen and oxygen atoms in total. The smallest absolute Gasteiger partial charge is 0.338 e. The summed E-state index contributed by atoms with van der Waals surface area (Å²) >= 11 is 1.72. The fraction of sp³-hybridized carbons (Fsp3) is 0.333. The van der Waals surface area contributed by atoms with Gasteiger partial charge in [-0.2, -0.15) is 0 Å². The van der Waals surface area contributed by atoms with Crippen LogP contribution in [0.1, 0.15) is 45.6 Å². The monoisotopic (exact) mass is 346 g/mol. The van der Waals surface area contributed by atoms with Crippen LogP contribution in [-0.2, 0) is 4.74 Å². The van der Waals surface area contributed by atoms with E-state index in [1.165, 1.54) is 9.75 Å². The highest BCUT2D eigenvalue weighted by Gasteiger charge is 2.14. The molecule has 2 rings (SSSR count). The van der Waals surface area contributed by atoms with Crippen LogP contribution in [0.4, 0.5) is 10.5 Å². The van der Waals surface area contributed by atoms with Crippen LogP contribution in [0.25, 0.3) is 0 Å². The van der Waals surface area contributed by atoms with E-state index in [-0.39, 0.29) is 18.0 Å². The lowest BCUT2D eigenvalue weighted by Crippen LogP contribution is -2.31. The van der Waals surface area contributed by atoms with Gasteiger partial charge in [0.15, 0.2) is 0 Å². The van der Waals surface area contributed by atoms with Crippen LogP contribution < -0.4 is 10.6 Å². The summed E-state index contributed by atoms with van der Waals surface area (Å²) < 4.78 is 4.93. The van der Waals surface area contributed by atoms with Gasteiger partial charge >= 0.3 is 12.0 Å². The molecule has 128 valence electrons. The molecule has 2 N–H and O–H groups in total. The number of nitrogens with one attached hydrogen (secondary N) is 2. The Kier molecular flexibility index (Phi) is 5.98. The lowest BCUT2D eigenvalue weighted by Gasteiger charge is -2.15. The number of aryl methyl sites for hydroxylation is 2. The summed E-state index contributed by atoms with van der Waals surface area (Å²) in [5.74, 6) is -0.370. The minimum Gasteiger partial charge on any atom is -0.462 e. The van der Waals surface area contributed by atoms with Gasteiger partial charge in [-0.15, -0.1) is 11.3 Å². The van der Waals surface area contributed by atoms with Gasteiger partial charge < -0.3 is 15.4 Å². The van der Waals surface area contributed by atoms with Crippen molar-refractivity contribution in [1.29, 1.82) is 0 Å². The van der Waals surface area contributed by atoms with Gasteiger partial charge in [0, 0.05) is 15.4 Å². The number of ether oxygens (including phenoxy) is 1. The zero-order valence-electron chi connectivity index (χ0n) is 14.3. The molecule has 0 aliphatic heterocycles. The summed E-state index contributed by atoms with van der Waals surface area (Å²) in [6, 6.07) is 8.35. The second-order valence-corrected chi connectivity index (χ2v) is 6.95. The molecule has 0 aliphatic carbocycles. The number of urea groups is 1. The number of anilines is 1. The Balaban J connectivity index is 1.94. The molecule has 6 heteroatoms. The molecular weight excluding hydrogens is 324 g/mol. The molecule has 2 amide bonds. The normalized spacial score (nSPS) is 11.7. The van der Waals surface area contributed by atoms with Crippen molar-refractivity contribution in [3.05, 3.63) is 51.2 Å². The van der Waals surface area contributed by atoms with Crippen LogP contribution in [-0.4, -0.2) is 18.6 Å². The predicted octanol–water partition coefficient (Wildman–Crippen LogP) is 4.42. The first-order valence-corrected chi connectivity index (χ1v) is 8.64. The van der Waals surface area contributed by atoms with Crippen LogP contribution in [0.15, 0.2) is 30.3 Å². The van der Waals surface area contributed by atoms with Crippen molar-refractivity contribution in [2.75, 3.05) is 11.9 Å². The third kappa shape index (κ3) is 4.58. The molecule has 0 aliphatic rings. The number of amides is 2. The molecule has 1 aromatic heterocycles. The highest BCUT2D eigenvalue weighted by molar-refractivity contribution is 7.12. The lowest BCUT2D eigenvalue weighted by atomic mass is 10.1. The number of rotatable bonds is 5. The summed E-state index contributed by atoms with van der Waals surface area (Å²) in [5, 5.41) is 5.69. The number of carbonyl (C=O) groups excluding carboxylic acids is 2. The molecule has 0 bridgehead atoms. The van der Waals surface area contributed by atoms with Gasteiger partial charge in [-0.3, -0.25) is 0 Å². The molecule has 0 radical (unpaired) electrons. The summed E-state index contributed by atoms with van der Waals surface area (Å²) in [7, 11) is 0. The maximum absolute atomic E-state index is 12.1. The van der Waals surface area contributed by atoms with E-state index in [2.05, 4.69) is 30.5 Å². The largest absolute Gasteiger partial charge is 0.462 e. The molecule has 0 saturated heterocycles. The SMILES string of the molecule is CCOC(=O)c1ccc(NC(=O)NC(C)c2cc(C)sc2C)cc1. The average Bonchev–Trinajstić information content (AvgIpc) is 2.87. The Bertz CT molecular complexity index is 722. The Morgan fingerprint density at radius 3 is 2.42 bits per heavy atom. The van der Waals surface area contributed by atoms with Crippen molar-refractivity contribution < 1.29 is 14.3 Å². The molecular formula is C18H22N2O3S. The molecule has 0 fully saturated rings. The van der Waals surface area contributed by atoms with E-state index < -0.39 is 0 Å². The van der Waals surface area contributed by atoms with Gasteiger partial charge in [0.05, 0.1) is 18.2 Å². The zero-order chi connectivity index (χ0) is 17.7. The minimum absolute atomic E-state index is 0.0752. The van der Waals surface area contributed by atoms with Crippen LogP contribution in [0, 0.1) is 13.8 Å². The number of benzene rings is 1. The lowest BCUT2D eigenvalue weighted by molar-refractivity contribution is 0.0526. The minimum atomic E-state index is -0.370. The Morgan fingerprint density at radius 2 is 1.88 bits per heavy atom. The van der Waals surface area contributed by atoms with Crippen LogP contribution in [0.3, 0.4) is 0 Å². The highest BCUT2D eigenvalue weighted by Crippen LogP contribution is 2.26. The Hall–Kier alpha value is -2.34. The predicted molar refractivity (Wildman–Crippen MR) is 96.8 cm³/mol. The van der Waals surface area contributed by atoms with Crippen molar-refractivity contribution >= 4 is 29.0 Å². The first-order valence-electron chi connectivity index (χ1n) is 7.82. The van der Waals surface area contributed by atoms with Gasteiger partial charge in [-0.05, 0) is 63.6 Å². The van der Waals surface area contributed by atoms with Crippen LogP contribution in [0.5, 0.6) is 0 Å². The van der Waals surface area contributed by atoms with Crippen LogP contribution in [0.2, 0.25) is 0 Å². The molecule has 0 saturated carbocycles. The first kappa shape index (κ1) is 18.0. The molecule has 1 unspecified atom stereocenters. The maximum atomic E-state index is 12.1. The Labute approximate surface area is 146 Å². The number of esters is 1. The second kappa shape index (κ2) is 7.97. The van der Waals surface area contributed by atoms with E-state index in [4.69, 9.17) is 4.74 Å². The fourth-order valence-electron chi connectivity index (χ4n) is 2.43. The molecule has 1 aromatic carbocycles. The maximum Gasteiger partial charge on any atom is 0.338 e. The number of carbonyl (C=O) groups is 2. The first-order chi connectivity index (χ1) is 11.4. The summed E-state index contributed by atoms with van der Waals surface area (Å²) in [6.07, 6.45) is 0. The van der Waals surface area contributed by atoms with Crippen molar-refractivity contribution in [2.24, 2.45) is 0 Å². The van der Waals surface area contributed by atoms with E-state index in [1.54, 1.807) is 42.5 Å². The van der Waals surface area contributed by atoms with Gasteiger partial charge in [-0.1, -0.05) is 0 Å². The average molecular weight is 346 g/mol. The van der Waals surface area contributed by atoms with E-state index >= 15 is 0 Å². The van der Waals surface area contributed by atoms with Gasteiger partial charge in [0.1, 0.15) is 0 Å². The molecule has 1 atom stereocenters. The van der Waals surface area contributed by atoms with E-state index in [0.29, 0.717) is 17.9 Å². The van der Waals surface area contributed by atoms with Crippen molar-refractivity contribution in [1.82, 2.24) is 5.32 Å². The van der Waals surface area contributed by atoms with E-state index in [9.17, 15) is 9.59 Å². The van der Waals surface area contributed by atoms with E-state index in [0.717, 1.165) is 5.56 Å². The molecule has 2 aromatic rings. The zero-order valence-corrected chi connectivity index (χ0v) is 15.1. The van der Waals surface area contributed by atoms with Crippen molar-refractivity contribution in [3.63, 3.8) is 0 Å². The molecule has 24 heavy (non-hydrogen) atoms. The van der Waals surface area contributed by atoms with Crippen molar-refractivity contribution in [2.45, 2.75) is 33.7 Å². The molecule has 0 spiro atoms. The van der Waals surface area contributed by atoms with Gasteiger partial charge in [0.2, 0.25) is 0 Å². The fourth-order valence-corrected chi connectivity index (χ4v) is 3.45. The quantitative estimate of drug-likeness (QED) is 0.787. The van der Waals surface area contributed by atoms with Crippen LogP contribution >= 0.6 is 11.3 Å². The standard InChI is InChI=1S/C18H22N2O3S/c1-5-23-17(21)14-6-8-15(9-7-14)20-18(22)19-12(3)16-10-11(2)24-13(16)4/h6-10,12H,5H2,1-4H3,(H2,19,20,22). The van der Waals surface area contributed by atoms with Gasteiger partial charge in [0.25, 0.3) is 0 Å². The number of hydrogen-bond donors (Lipinski definition) is 2. The van der Waals surface area contributed by atoms with Crippen molar-refractivity contribution in [3.8, 4) is 0 Å². The summed E-state index contributed by atoms with van der Waals surface area (Å²) in [6.45, 7) is 8.16. The van der Waals surface area contributed by atoms with Gasteiger partial charge in [-0.25, -0.2) is 9.59 Å². The molecule has 1 heterocycles. The second-order valence-electron chi connectivity index (χ2n) is 5.49. The number of hydrogen-bond acceptors (Lipinski definition) is 4. The Morgan fingerprint density at radius 1 is 1.21 bits per heavy atom.